The maximum atomic E-state index is 12.6. The van der Waals surface area contributed by atoms with Crippen LogP contribution >= 0.6 is 0 Å². The molecule has 2 aromatic heterocycles. The van der Waals surface area contributed by atoms with Crippen molar-refractivity contribution in [3.63, 3.8) is 0 Å². The summed E-state index contributed by atoms with van der Waals surface area (Å²) in [4.78, 5) is 16.9. The molecule has 3 heterocycles. The molecule has 0 spiro atoms. The Morgan fingerprint density at radius 2 is 1.85 bits per heavy atom. The van der Waals surface area contributed by atoms with Crippen LogP contribution in [-0.4, -0.2) is 52.6 Å². The standard InChI is InChI=1S/C18H23F3N6/c1-3-22-17-24-13(2)10-16(25-17)27-8-6-26(7-9-27)12-14-4-5-15(23-11-14)18(19,20)21/h4-5,10-11H,3,6-9,12H2,1-2H3,(H,22,24,25). The third-order valence-electron chi connectivity index (χ3n) is 4.39. The number of hydrogen-bond acceptors (Lipinski definition) is 6. The Kier molecular flexibility index (Phi) is 5.79. The van der Waals surface area contributed by atoms with E-state index in [1.165, 1.54) is 12.3 Å². The zero-order valence-electron chi connectivity index (χ0n) is 15.4. The maximum Gasteiger partial charge on any atom is 0.433 e. The Hall–Kier alpha value is -2.42. The molecule has 0 saturated carbocycles. The average molecular weight is 380 g/mol. The highest BCUT2D eigenvalue weighted by Gasteiger charge is 2.32. The van der Waals surface area contributed by atoms with Gasteiger partial charge in [0.05, 0.1) is 0 Å². The van der Waals surface area contributed by atoms with E-state index >= 15 is 0 Å². The lowest BCUT2D eigenvalue weighted by Crippen LogP contribution is -2.46. The number of alkyl halides is 3. The summed E-state index contributed by atoms with van der Waals surface area (Å²) in [5.74, 6) is 1.53. The van der Waals surface area contributed by atoms with Crippen LogP contribution in [-0.2, 0) is 12.7 Å². The van der Waals surface area contributed by atoms with E-state index in [0.717, 1.165) is 55.9 Å². The van der Waals surface area contributed by atoms with Crippen LogP contribution in [0.15, 0.2) is 24.4 Å². The molecular formula is C18H23F3N6. The van der Waals surface area contributed by atoms with Crippen molar-refractivity contribution < 1.29 is 13.2 Å². The van der Waals surface area contributed by atoms with Gasteiger partial charge in [0, 0.05) is 57.2 Å². The predicted molar refractivity (Wildman–Crippen MR) is 97.7 cm³/mol. The number of halogens is 3. The summed E-state index contributed by atoms with van der Waals surface area (Å²) in [5, 5.41) is 3.14. The molecule has 6 nitrogen and oxygen atoms in total. The zero-order valence-corrected chi connectivity index (χ0v) is 15.4. The number of pyridine rings is 1. The van der Waals surface area contributed by atoms with Gasteiger partial charge in [-0.15, -0.1) is 0 Å². The second-order valence-electron chi connectivity index (χ2n) is 6.53. The van der Waals surface area contributed by atoms with Gasteiger partial charge >= 0.3 is 6.18 Å². The molecule has 9 heteroatoms. The van der Waals surface area contributed by atoms with Crippen LogP contribution in [0.3, 0.4) is 0 Å². The van der Waals surface area contributed by atoms with E-state index in [0.29, 0.717) is 12.5 Å². The van der Waals surface area contributed by atoms with E-state index in [1.54, 1.807) is 0 Å². The quantitative estimate of drug-likeness (QED) is 0.861. The van der Waals surface area contributed by atoms with E-state index in [-0.39, 0.29) is 0 Å². The largest absolute Gasteiger partial charge is 0.433 e. The fourth-order valence-electron chi connectivity index (χ4n) is 3.03. The van der Waals surface area contributed by atoms with Crippen LogP contribution < -0.4 is 10.2 Å². The third kappa shape index (κ3) is 5.06. The van der Waals surface area contributed by atoms with Crippen molar-refractivity contribution in [1.29, 1.82) is 0 Å². The van der Waals surface area contributed by atoms with E-state index < -0.39 is 11.9 Å². The van der Waals surface area contributed by atoms with Crippen molar-refractivity contribution in [2.75, 3.05) is 42.9 Å². The first-order valence-corrected chi connectivity index (χ1v) is 8.94. The highest BCUT2D eigenvalue weighted by molar-refractivity contribution is 5.45. The summed E-state index contributed by atoms with van der Waals surface area (Å²) >= 11 is 0. The van der Waals surface area contributed by atoms with Gasteiger partial charge in [-0.1, -0.05) is 6.07 Å². The van der Waals surface area contributed by atoms with Crippen LogP contribution in [0, 0.1) is 6.92 Å². The summed E-state index contributed by atoms with van der Waals surface area (Å²) in [7, 11) is 0. The number of aromatic nitrogens is 3. The van der Waals surface area contributed by atoms with Gasteiger partial charge in [-0.3, -0.25) is 9.88 Å². The number of aryl methyl sites for hydroxylation is 1. The summed E-state index contributed by atoms with van der Waals surface area (Å²) in [6.07, 6.45) is -3.09. The molecule has 0 unspecified atom stereocenters. The van der Waals surface area contributed by atoms with Crippen LogP contribution in [0.5, 0.6) is 0 Å². The molecule has 0 aromatic carbocycles. The molecule has 0 aliphatic carbocycles. The van der Waals surface area contributed by atoms with E-state index in [4.69, 9.17) is 0 Å². The lowest BCUT2D eigenvalue weighted by Gasteiger charge is -2.35. The molecule has 27 heavy (non-hydrogen) atoms. The smallest absolute Gasteiger partial charge is 0.354 e. The molecule has 0 bridgehead atoms. The molecule has 1 N–H and O–H groups in total. The minimum atomic E-state index is -4.40. The van der Waals surface area contributed by atoms with Crippen molar-refractivity contribution in [3.8, 4) is 0 Å². The molecule has 1 saturated heterocycles. The zero-order chi connectivity index (χ0) is 19.4. The minimum absolute atomic E-state index is 0.588. The topological polar surface area (TPSA) is 57.2 Å². The molecule has 1 fully saturated rings. The van der Waals surface area contributed by atoms with Gasteiger partial charge < -0.3 is 10.2 Å². The summed E-state index contributed by atoms with van der Waals surface area (Å²) in [5.41, 5.74) is 0.838. The van der Waals surface area contributed by atoms with Gasteiger partial charge in [0.1, 0.15) is 11.5 Å². The molecule has 1 aliphatic rings. The average Bonchev–Trinajstić information content (AvgIpc) is 2.62. The lowest BCUT2D eigenvalue weighted by molar-refractivity contribution is -0.141. The SMILES string of the molecule is CCNc1nc(C)cc(N2CCN(Cc3ccc(C(F)(F)F)nc3)CC2)n1. The molecule has 0 radical (unpaired) electrons. The van der Waals surface area contributed by atoms with Crippen molar-refractivity contribution in [3.05, 3.63) is 41.3 Å². The van der Waals surface area contributed by atoms with E-state index in [9.17, 15) is 13.2 Å². The number of nitrogens with zero attached hydrogens (tertiary/aromatic N) is 5. The predicted octanol–water partition coefficient (Wildman–Crippen LogP) is 2.95. The van der Waals surface area contributed by atoms with Gasteiger partial charge in [0.2, 0.25) is 5.95 Å². The Morgan fingerprint density at radius 3 is 2.44 bits per heavy atom. The van der Waals surface area contributed by atoms with Crippen LogP contribution in [0.1, 0.15) is 23.9 Å². The number of piperazine rings is 1. The van der Waals surface area contributed by atoms with Crippen molar-refractivity contribution in [2.24, 2.45) is 0 Å². The molecule has 146 valence electrons. The summed E-state index contributed by atoms with van der Waals surface area (Å²) < 4.78 is 37.8. The van der Waals surface area contributed by atoms with Gasteiger partial charge in [-0.05, 0) is 25.5 Å². The number of anilines is 2. The fraction of sp³-hybridized carbons (Fsp3) is 0.500. The van der Waals surface area contributed by atoms with Crippen molar-refractivity contribution in [1.82, 2.24) is 19.9 Å². The second kappa shape index (κ2) is 8.08. The third-order valence-corrected chi connectivity index (χ3v) is 4.39. The lowest BCUT2D eigenvalue weighted by atomic mass is 10.2. The van der Waals surface area contributed by atoms with E-state index in [1.807, 2.05) is 19.9 Å². The monoisotopic (exact) mass is 380 g/mol. The summed E-state index contributed by atoms with van der Waals surface area (Å²) in [6.45, 7) is 8.51. The molecule has 0 atom stereocenters. The van der Waals surface area contributed by atoms with Gasteiger partial charge in [-0.25, -0.2) is 4.98 Å². The minimum Gasteiger partial charge on any atom is -0.354 e. The second-order valence-corrected chi connectivity index (χ2v) is 6.53. The molecule has 3 rings (SSSR count). The number of nitrogens with one attached hydrogen (secondary N) is 1. The molecule has 1 aliphatic heterocycles. The first-order valence-electron chi connectivity index (χ1n) is 8.94. The van der Waals surface area contributed by atoms with Crippen molar-refractivity contribution >= 4 is 11.8 Å². The Labute approximate surface area is 156 Å². The van der Waals surface area contributed by atoms with Crippen LogP contribution in [0.4, 0.5) is 24.9 Å². The van der Waals surface area contributed by atoms with Gasteiger partial charge in [-0.2, -0.15) is 18.2 Å². The number of hydrogen-bond donors (Lipinski definition) is 1. The molecule has 0 amide bonds. The Balaban J connectivity index is 1.57. The van der Waals surface area contributed by atoms with Gasteiger partial charge in [0.25, 0.3) is 0 Å². The van der Waals surface area contributed by atoms with Gasteiger partial charge in [0.15, 0.2) is 0 Å². The Bertz CT molecular complexity index is 755. The molecule has 2 aromatic rings. The summed E-state index contributed by atoms with van der Waals surface area (Å²) in [6, 6.07) is 4.51. The van der Waals surface area contributed by atoms with E-state index in [2.05, 4.69) is 30.1 Å². The van der Waals surface area contributed by atoms with Crippen LogP contribution in [0.2, 0.25) is 0 Å². The maximum absolute atomic E-state index is 12.6. The highest BCUT2D eigenvalue weighted by atomic mass is 19.4. The normalized spacial score (nSPS) is 15.8. The first-order chi connectivity index (χ1) is 12.8. The van der Waals surface area contributed by atoms with Crippen LogP contribution in [0.25, 0.3) is 0 Å². The molecular weight excluding hydrogens is 357 g/mol. The fourth-order valence-corrected chi connectivity index (χ4v) is 3.03. The first kappa shape index (κ1) is 19.3. The number of rotatable bonds is 5. The Morgan fingerprint density at radius 1 is 1.11 bits per heavy atom. The van der Waals surface area contributed by atoms with Crippen molar-refractivity contribution in [2.45, 2.75) is 26.6 Å². The highest BCUT2D eigenvalue weighted by Crippen LogP contribution is 2.27.